The monoisotopic (exact) mass is 364 g/mol. The average Bonchev–Trinajstić information content (AvgIpc) is 3.36. The summed E-state index contributed by atoms with van der Waals surface area (Å²) in [6, 6.07) is 18.4. The average molecular weight is 364 g/mol. The molecule has 1 aliphatic heterocycles. The van der Waals surface area contributed by atoms with Crippen molar-refractivity contribution in [3.05, 3.63) is 65.7 Å². The van der Waals surface area contributed by atoms with E-state index in [4.69, 9.17) is 10.5 Å². The van der Waals surface area contributed by atoms with Crippen molar-refractivity contribution in [1.29, 1.82) is 0 Å². The molecule has 2 atom stereocenters. The maximum atomic E-state index is 13.6. The van der Waals surface area contributed by atoms with Gasteiger partial charge >= 0.3 is 0 Å². The summed E-state index contributed by atoms with van der Waals surface area (Å²) in [5.74, 6) is 1.28. The zero-order chi connectivity index (χ0) is 18.9. The van der Waals surface area contributed by atoms with Crippen LogP contribution in [0.4, 0.5) is 0 Å². The van der Waals surface area contributed by atoms with Gasteiger partial charge in [0, 0.05) is 25.0 Å². The first-order chi connectivity index (χ1) is 13.1. The van der Waals surface area contributed by atoms with Gasteiger partial charge in [0.1, 0.15) is 5.75 Å². The van der Waals surface area contributed by atoms with Gasteiger partial charge in [-0.2, -0.15) is 0 Å². The molecule has 1 heterocycles. The summed E-state index contributed by atoms with van der Waals surface area (Å²) >= 11 is 0. The maximum Gasteiger partial charge on any atom is 0.233 e. The summed E-state index contributed by atoms with van der Waals surface area (Å²) in [6.45, 7) is 1.32. The molecule has 2 aliphatic rings. The lowest BCUT2D eigenvalue weighted by atomic mass is 9.77. The van der Waals surface area contributed by atoms with Crippen molar-refractivity contribution in [1.82, 2.24) is 4.90 Å². The summed E-state index contributed by atoms with van der Waals surface area (Å²) in [5.41, 5.74) is 8.44. The second-order valence-corrected chi connectivity index (χ2v) is 7.91. The molecule has 2 unspecified atom stereocenters. The number of nitrogens with two attached hydrogens (primary N) is 1. The Bertz CT molecular complexity index is 782. The molecule has 4 nitrogen and oxygen atoms in total. The van der Waals surface area contributed by atoms with Crippen LogP contribution in [-0.4, -0.2) is 37.0 Å². The van der Waals surface area contributed by atoms with E-state index in [2.05, 4.69) is 24.3 Å². The van der Waals surface area contributed by atoms with Crippen LogP contribution in [0, 0.1) is 0 Å². The van der Waals surface area contributed by atoms with Crippen LogP contribution in [0.15, 0.2) is 54.6 Å². The van der Waals surface area contributed by atoms with Crippen LogP contribution in [0.3, 0.4) is 0 Å². The van der Waals surface area contributed by atoms with E-state index in [1.165, 1.54) is 5.56 Å². The highest BCUT2D eigenvalue weighted by molar-refractivity contribution is 5.89. The van der Waals surface area contributed by atoms with Crippen molar-refractivity contribution in [3.8, 4) is 5.75 Å². The highest BCUT2D eigenvalue weighted by Gasteiger charge is 2.47. The van der Waals surface area contributed by atoms with Gasteiger partial charge < -0.3 is 15.4 Å². The van der Waals surface area contributed by atoms with Gasteiger partial charge in [-0.3, -0.25) is 4.79 Å². The molecule has 4 heteroatoms. The van der Waals surface area contributed by atoms with Crippen LogP contribution < -0.4 is 10.5 Å². The van der Waals surface area contributed by atoms with Crippen LogP contribution >= 0.6 is 0 Å². The smallest absolute Gasteiger partial charge is 0.233 e. The standard InChI is InChI=1S/C23H28N2O2/c1-27-19-11-9-17(10-12-19)20-15-25(16-21(20)24)22(26)23(13-5-6-14-23)18-7-3-2-4-8-18/h2-4,7-12,20-21H,5-6,13-16,24H2,1H3. The second kappa shape index (κ2) is 7.35. The molecule has 2 aromatic carbocycles. The van der Waals surface area contributed by atoms with E-state index in [1.54, 1.807) is 7.11 Å². The van der Waals surface area contributed by atoms with E-state index in [1.807, 2.05) is 35.2 Å². The number of rotatable bonds is 4. The third-order valence-corrected chi connectivity index (χ3v) is 6.39. The largest absolute Gasteiger partial charge is 0.497 e. The molecule has 1 saturated heterocycles. The van der Waals surface area contributed by atoms with Gasteiger partial charge in [0.25, 0.3) is 0 Å². The fraction of sp³-hybridized carbons (Fsp3) is 0.435. The van der Waals surface area contributed by atoms with Crippen LogP contribution in [-0.2, 0) is 10.2 Å². The Morgan fingerprint density at radius 2 is 1.70 bits per heavy atom. The summed E-state index contributed by atoms with van der Waals surface area (Å²) in [6.07, 6.45) is 4.11. The Hall–Kier alpha value is -2.33. The topological polar surface area (TPSA) is 55.6 Å². The number of nitrogens with zero attached hydrogens (tertiary/aromatic N) is 1. The first-order valence-corrected chi connectivity index (χ1v) is 9.88. The highest BCUT2D eigenvalue weighted by atomic mass is 16.5. The molecule has 1 aliphatic carbocycles. The van der Waals surface area contributed by atoms with Crippen molar-refractivity contribution < 1.29 is 9.53 Å². The number of carbonyl (C=O) groups excluding carboxylic acids is 1. The summed E-state index contributed by atoms with van der Waals surface area (Å²) in [7, 11) is 1.67. The van der Waals surface area contributed by atoms with Gasteiger partial charge in [0.05, 0.1) is 12.5 Å². The Morgan fingerprint density at radius 3 is 2.33 bits per heavy atom. The number of hydrogen-bond acceptors (Lipinski definition) is 3. The van der Waals surface area contributed by atoms with Gasteiger partial charge in [-0.05, 0) is 36.1 Å². The summed E-state index contributed by atoms with van der Waals surface area (Å²) in [4.78, 5) is 15.7. The predicted molar refractivity (Wildman–Crippen MR) is 107 cm³/mol. The Balaban J connectivity index is 1.57. The summed E-state index contributed by atoms with van der Waals surface area (Å²) in [5, 5.41) is 0. The second-order valence-electron chi connectivity index (χ2n) is 7.91. The molecule has 1 amide bonds. The Morgan fingerprint density at radius 1 is 1.04 bits per heavy atom. The molecular formula is C23H28N2O2. The fourth-order valence-electron chi connectivity index (χ4n) is 4.86. The van der Waals surface area contributed by atoms with Gasteiger partial charge in [0.2, 0.25) is 5.91 Å². The molecule has 1 saturated carbocycles. The fourth-order valence-corrected chi connectivity index (χ4v) is 4.86. The van der Waals surface area contributed by atoms with E-state index in [0.717, 1.165) is 37.0 Å². The number of benzene rings is 2. The zero-order valence-corrected chi connectivity index (χ0v) is 15.9. The van der Waals surface area contributed by atoms with Crippen molar-refractivity contribution in [2.24, 2.45) is 5.73 Å². The molecule has 2 N–H and O–H groups in total. The SMILES string of the molecule is COc1ccc(C2CN(C(=O)C3(c4ccccc4)CCCC3)CC2N)cc1. The van der Waals surface area contributed by atoms with E-state index < -0.39 is 0 Å². The van der Waals surface area contributed by atoms with Crippen LogP contribution in [0.2, 0.25) is 0 Å². The lowest BCUT2D eigenvalue weighted by Crippen LogP contribution is -2.45. The number of hydrogen-bond donors (Lipinski definition) is 1. The van der Waals surface area contributed by atoms with Crippen molar-refractivity contribution in [3.63, 3.8) is 0 Å². The molecule has 142 valence electrons. The number of likely N-dealkylation sites (tertiary alicyclic amines) is 1. The minimum Gasteiger partial charge on any atom is -0.497 e. The van der Waals surface area contributed by atoms with Gasteiger partial charge in [-0.1, -0.05) is 55.3 Å². The van der Waals surface area contributed by atoms with Gasteiger partial charge in [-0.25, -0.2) is 0 Å². The van der Waals surface area contributed by atoms with E-state index in [0.29, 0.717) is 13.1 Å². The zero-order valence-electron chi connectivity index (χ0n) is 15.9. The number of amides is 1. The quantitative estimate of drug-likeness (QED) is 0.904. The van der Waals surface area contributed by atoms with Crippen molar-refractivity contribution in [2.75, 3.05) is 20.2 Å². The normalized spacial score (nSPS) is 24.1. The predicted octanol–water partition coefficient (Wildman–Crippen LogP) is 3.46. The maximum absolute atomic E-state index is 13.6. The molecule has 4 rings (SSSR count). The van der Waals surface area contributed by atoms with Crippen LogP contribution in [0.25, 0.3) is 0 Å². The third-order valence-electron chi connectivity index (χ3n) is 6.39. The molecule has 2 fully saturated rings. The first kappa shape index (κ1) is 18.1. The third kappa shape index (κ3) is 3.23. The van der Waals surface area contributed by atoms with E-state index in [-0.39, 0.29) is 23.3 Å². The minimum atomic E-state index is -0.365. The van der Waals surface area contributed by atoms with E-state index >= 15 is 0 Å². The number of carbonyl (C=O) groups is 1. The van der Waals surface area contributed by atoms with E-state index in [9.17, 15) is 4.79 Å². The number of ether oxygens (including phenoxy) is 1. The molecule has 2 aromatic rings. The molecule has 0 spiro atoms. The lowest BCUT2D eigenvalue weighted by Gasteiger charge is -2.33. The summed E-state index contributed by atoms with van der Waals surface area (Å²) < 4.78 is 5.25. The van der Waals surface area contributed by atoms with Crippen LogP contribution in [0.5, 0.6) is 5.75 Å². The molecule has 27 heavy (non-hydrogen) atoms. The molecule has 0 aromatic heterocycles. The molecular weight excluding hydrogens is 336 g/mol. The minimum absolute atomic E-state index is 0.0310. The van der Waals surface area contributed by atoms with Crippen molar-refractivity contribution >= 4 is 5.91 Å². The van der Waals surface area contributed by atoms with Gasteiger partial charge in [0.15, 0.2) is 0 Å². The van der Waals surface area contributed by atoms with Crippen molar-refractivity contribution in [2.45, 2.75) is 43.1 Å². The first-order valence-electron chi connectivity index (χ1n) is 9.88. The molecule has 0 radical (unpaired) electrons. The Kier molecular flexibility index (Phi) is 4.92. The highest BCUT2D eigenvalue weighted by Crippen LogP contribution is 2.43. The van der Waals surface area contributed by atoms with Crippen LogP contribution in [0.1, 0.15) is 42.7 Å². The number of methoxy groups -OCH3 is 1. The molecule has 0 bridgehead atoms. The lowest BCUT2D eigenvalue weighted by molar-refractivity contribution is -0.136. The van der Waals surface area contributed by atoms with Gasteiger partial charge in [-0.15, -0.1) is 0 Å². The Labute approximate surface area is 161 Å².